The number of ether oxygens (including phenoxy) is 2. The molecule has 0 aromatic carbocycles. The van der Waals surface area contributed by atoms with E-state index in [1.165, 1.54) is 70.6 Å². The Hall–Kier alpha value is -1.46. The van der Waals surface area contributed by atoms with Crippen molar-refractivity contribution in [2.45, 2.75) is 252 Å². The first kappa shape index (κ1) is 48.5. The third-order valence-corrected chi connectivity index (χ3v) is 9.59. The van der Waals surface area contributed by atoms with Crippen LogP contribution in [0.1, 0.15) is 228 Å². The number of unbranched alkanes of at least 4 members (excludes halogenated alkanes) is 16. The van der Waals surface area contributed by atoms with E-state index in [0.717, 1.165) is 96.3 Å². The van der Waals surface area contributed by atoms with Crippen LogP contribution in [0.4, 0.5) is 0 Å². The lowest BCUT2D eigenvalue weighted by Gasteiger charge is -2.30. The monoisotopic (exact) mass is 705 g/mol. The lowest BCUT2D eigenvalue weighted by Crippen LogP contribution is -2.38. The van der Waals surface area contributed by atoms with Crippen molar-refractivity contribution >= 4 is 11.8 Å². The largest absolute Gasteiger partial charge is 0.481 e. The van der Waals surface area contributed by atoms with Crippen LogP contribution in [0.2, 0.25) is 0 Å². The predicted octanol–water partition coefficient (Wildman–Crippen LogP) is 14.1. The number of carbonyl (C=O) groups is 2. The van der Waals surface area contributed by atoms with Crippen molar-refractivity contribution in [3.8, 4) is 0 Å². The molecule has 2 unspecified atom stereocenters. The number of Topliss-reactive ketones (excluding diaryl/α,β-unsaturated/α-hetero) is 1. The van der Waals surface area contributed by atoms with Gasteiger partial charge in [0.1, 0.15) is 5.60 Å². The number of carboxylic acids is 1. The Kier molecular flexibility index (Phi) is 31.3. The number of hydrogen-bond acceptors (Lipinski definition) is 4. The van der Waals surface area contributed by atoms with Crippen LogP contribution in [-0.2, 0) is 19.1 Å². The molecule has 0 radical (unpaired) electrons. The van der Waals surface area contributed by atoms with Gasteiger partial charge in [-0.2, -0.15) is 0 Å². The van der Waals surface area contributed by atoms with Gasteiger partial charge in [-0.15, -0.1) is 0 Å². The van der Waals surface area contributed by atoms with Crippen LogP contribution in [0.3, 0.4) is 0 Å². The van der Waals surface area contributed by atoms with E-state index in [2.05, 4.69) is 58.9 Å². The van der Waals surface area contributed by atoms with Gasteiger partial charge in [-0.3, -0.25) is 9.59 Å². The van der Waals surface area contributed by atoms with Crippen LogP contribution in [-0.4, -0.2) is 40.3 Å². The van der Waals surface area contributed by atoms with E-state index in [0.29, 0.717) is 12.5 Å². The number of hydrogen-bond donors (Lipinski definition) is 1. The Morgan fingerprint density at radius 1 is 0.500 bits per heavy atom. The molecule has 2 atom stereocenters. The number of carbonyl (C=O) groups excluding carboxylic acids is 1. The fourth-order valence-electron chi connectivity index (χ4n) is 6.59. The van der Waals surface area contributed by atoms with Crippen LogP contribution in [0.15, 0.2) is 24.3 Å². The number of ketones is 1. The molecule has 0 amide bonds. The molecule has 0 saturated carbocycles. The molecule has 294 valence electrons. The summed E-state index contributed by atoms with van der Waals surface area (Å²) >= 11 is 0. The summed E-state index contributed by atoms with van der Waals surface area (Å²) in [5.74, 6) is -0.443. The maximum atomic E-state index is 13.2. The Balaban J connectivity index is 4.32. The average Bonchev–Trinajstić information content (AvgIpc) is 3.05. The molecule has 0 saturated heterocycles. The highest BCUT2D eigenvalue weighted by Crippen LogP contribution is 2.24. The van der Waals surface area contributed by atoms with Gasteiger partial charge in [-0.05, 0) is 112 Å². The van der Waals surface area contributed by atoms with Crippen molar-refractivity contribution in [3.05, 3.63) is 24.3 Å². The molecule has 0 rings (SSSR count). The molecule has 0 aliphatic heterocycles. The summed E-state index contributed by atoms with van der Waals surface area (Å²) in [6.07, 6.45) is 40.3. The first-order chi connectivity index (χ1) is 23.9. The zero-order valence-corrected chi connectivity index (χ0v) is 34.3. The van der Waals surface area contributed by atoms with Gasteiger partial charge in [-0.1, -0.05) is 128 Å². The molecular weight excluding hydrogens is 620 g/mol. The average molecular weight is 705 g/mol. The highest BCUT2D eigenvalue weighted by molar-refractivity contribution is 5.86. The van der Waals surface area contributed by atoms with Gasteiger partial charge in [0.15, 0.2) is 5.78 Å². The van der Waals surface area contributed by atoms with Gasteiger partial charge in [-0.25, -0.2) is 0 Å². The molecule has 0 fully saturated rings. The maximum Gasteiger partial charge on any atom is 0.303 e. The van der Waals surface area contributed by atoms with Crippen LogP contribution >= 0.6 is 0 Å². The Labute approximate surface area is 311 Å². The minimum absolute atomic E-state index is 0.0732. The molecule has 0 aliphatic rings. The minimum Gasteiger partial charge on any atom is -0.481 e. The van der Waals surface area contributed by atoms with Crippen molar-refractivity contribution in [2.24, 2.45) is 0 Å². The molecule has 5 nitrogen and oxygen atoms in total. The molecule has 5 heteroatoms. The van der Waals surface area contributed by atoms with Crippen molar-refractivity contribution in [2.75, 3.05) is 0 Å². The fraction of sp³-hybridized carbons (Fsp3) is 0.867. The third kappa shape index (κ3) is 32.4. The van der Waals surface area contributed by atoms with Crippen LogP contribution in [0.25, 0.3) is 0 Å². The Morgan fingerprint density at radius 3 is 1.36 bits per heavy atom. The smallest absolute Gasteiger partial charge is 0.303 e. The van der Waals surface area contributed by atoms with Gasteiger partial charge in [0, 0.05) is 12.8 Å². The van der Waals surface area contributed by atoms with Gasteiger partial charge in [0.25, 0.3) is 0 Å². The lowest BCUT2D eigenvalue weighted by molar-refractivity contribution is -0.148. The van der Waals surface area contributed by atoms with Gasteiger partial charge < -0.3 is 14.6 Å². The second-order valence-corrected chi connectivity index (χ2v) is 16.3. The zero-order chi connectivity index (χ0) is 37.4. The van der Waals surface area contributed by atoms with Crippen LogP contribution in [0.5, 0.6) is 0 Å². The number of carboxylic acid groups (broad SMARTS) is 1. The number of aliphatic carboxylic acids is 1. The SMILES string of the molecule is CCCCCCC(CC/C=C\CCCCCCCC(=O)C(C)(C)OC(CC/C=C\CCCCCCCC(=O)O)CCCCCC)OC(C)(C)C. The van der Waals surface area contributed by atoms with Gasteiger partial charge in [0.05, 0.1) is 17.8 Å². The summed E-state index contributed by atoms with van der Waals surface area (Å²) in [6.45, 7) is 15.0. The summed E-state index contributed by atoms with van der Waals surface area (Å²) in [5.41, 5.74) is -0.798. The first-order valence-electron chi connectivity index (χ1n) is 21.3. The normalized spacial score (nSPS) is 13.8. The molecule has 0 aromatic rings. The second-order valence-electron chi connectivity index (χ2n) is 16.3. The summed E-state index contributed by atoms with van der Waals surface area (Å²) in [6, 6.07) is 0. The quantitative estimate of drug-likeness (QED) is 0.0519. The molecule has 50 heavy (non-hydrogen) atoms. The van der Waals surface area contributed by atoms with E-state index in [4.69, 9.17) is 14.6 Å². The van der Waals surface area contributed by atoms with E-state index < -0.39 is 11.6 Å². The summed E-state index contributed by atoms with van der Waals surface area (Å²) in [4.78, 5) is 23.8. The highest BCUT2D eigenvalue weighted by atomic mass is 16.5. The molecule has 0 spiro atoms. The Morgan fingerprint density at radius 2 is 0.900 bits per heavy atom. The highest BCUT2D eigenvalue weighted by Gasteiger charge is 2.30. The fourth-order valence-corrected chi connectivity index (χ4v) is 6.59. The predicted molar refractivity (Wildman–Crippen MR) is 215 cm³/mol. The second kappa shape index (κ2) is 32.2. The van der Waals surface area contributed by atoms with Crippen molar-refractivity contribution in [1.29, 1.82) is 0 Å². The van der Waals surface area contributed by atoms with E-state index in [9.17, 15) is 9.59 Å². The topological polar surface area (TPSA) is 72.8 Å². The van der Waals surface area contributed by atoms with Gasteiger partial charge in [0.2, 0.25) is 0 Å². The van der Waals surface area contributed by atoms with E-state index in [-0.39, 0.29) is 23.9 Å². The summed E-state index contributed by atoms with van der Waals surface area (Å²) in [7, 11) is 0. The van der Waals surface area contributed by atoms with Crippen molar-refractivity contribution < 1.29 is 24.2 Å². The molecule has 0 aliphatic carbocycles. The van der Waals surface area contributed by atoms with E-state index >= 15 is 0 Å². The van der Waals surface area contributed by atoms with E-state index in [1.54, 1.807) is 0 Å². The molecule has 0 aromatic heterocycles. The number of rotatable bonds is 36. The molecule has 0 heterocycles. The first-order valence-corrected chi connectivity index (χ1v) is 21.3. The summed E-state index contributed by atoms with van der Waals surface area (Å²) in [5, 5.41) is 8.74. The number of allylic oxidation sites excluding steroid dienone is 4. The van der Waals surface area contributed by atoms with Crippen molar-refractivity contribution in [3.63, 3.8) is 0 Å². The van der Waals surface area contributed by atoms with Crippen molar-refractivity contribution in [1.82, 2.24) is 0 Å². The van der Waals surface area contributed by atoms with Crippen LogP contribution < -0.4 is 0 Å². The maximum absolute atomic E-state index is 13.2. The molecule has 0 bridgehead atoms. The zero-order valence-electron chi connectivity index (χ0n) is 34.3. The van der Waals surface area contributed by atoms with E-state index in [1.807, 2.05) is 13.8 Å². The Bertz CT molecular complexity index is 852. The lowest BCUT2D eigenvalue weighted by atomic mass is 9.96. The minimum atomic E-state index is -0.725. The molecule has 1 N–H and O–H groups in total. The standard InChI is InChI=1S/C45H84O5/c1-8-10-12-28-34-40(49-44(3,4)5)35-30-24-20-16-14-18-22-26-32-38-42(46)45(6,7)50-41(36-29-13-11-9-2)37-31-25-21-17-15-19-23-27-33-39-43(47)48/h20-21,24-25,40-41H,8-19,22-23,26-39H2,1-7H3,(H,47,48)/b24-20-,25-21-. The van der Waals surface area contributed by atoms with Crippen LogP contribution in [0, 0.1) is 0 Å². The van der Waals surface area contributed by atoms with Gasteiger partial charge >= 0.3 is 5.97 Å². The summed E-state index contributed by atoms with van der Waals surface area (Å²) < 4.78 is 12.9. The molecular formula is C45H84O5. The third-order valence-electron chi connectivity index (χ3n) is 9.59.